The van der Waals surface area contributed by atoms with Crippen LogP contribution in [0.15, 0.2) is 45.9 Å². The molecule has 0 atom stereocenters. The van der Waals surface area contributed by atoms with E-state index in [0.717, 1.165) is 11.1 Å². The second kappa shape index (κ2) is 8.45. The van der Waals surface area contributed by atoms with E-state index in [4.69, 9.17) is 4.42 Å². The molecule has 30 heavy (non-hydrogen) atoms. The zero-order valence-corrected chi connectivity index (χ0v) is 18.6. The van der Waals surface area contributed by atoms with E-state index >= 15 is 0 Å². The lowest BCUT2D eigenvalue weighted by Crippen LogP contribution is -2.27. The van der Waals surface area contributed by atoms with Gasteiger partial charge in [-0.3, -0.25) is 9.48 Å². The van der Waals surface area contributed by atoms with Gasteiger partial charge in [0.25, 0.3) is 0 Å². The number of anilines is 1. The Morgan fingerprint density at radius 2 is 1.83 bits per heavy atom. The molecule has 0 saturated heterocycles. The highest BCUT2D eigenvalue weighted by atomic mass is 32.2. The first-order chi connectivity index (χ1) is 14.1. The van der Waals surface area contributed by atoms with Crippen molar-refractivity contribution in [2.75, 3.05) is 12.4 Å². The van der Waals surface area contributed by atoms with Gasteiger partial charge >= 0.3 is 0 Å². The maximum absolute atomic E-state index is 13.1. The number of nitrogens with zero attached hydrogens (tertiary/aromatic N) is 3. The number of nitrogens with one attached hydrogen (secondary N) is 1. The molecule has 0 spiro atoms. The van der Waals surface area contributed by atoms with Gasteiger partial charge in [0.05, 0.1) is 24.2 Å². The number of aryl methyl sites for hydroxylation is 3. The van der Waals surface area contributed by atoms with Gasteiger partial charge in [0.15, 0.2) is 0 Å². The maximum Gasteiger partial charge on any atom is 0.246 e. The molecule has 0 unspecified atom stereocenters. The lowest BCUT2D eigenvalue weighted by molar-refractivity contribution is -0.116. The highest BCUT2D eigenvalue weighted by molar-refractivity contribution is 7.89. The van der Waals surface area contributed by atoms with Crippen LogP contribution >= 0.6 is 0 Å². The fraction of sp³-hybridized carbons (Fsp3) is 0.333. The number of rotatable bonds is 7. The van der Waals surface area contributed by atoms with Crippen LogP contribution in [0.5, 0.6) is 0 Å². The molecule has 0 aliphatic rings. The fourth-order valence-electron chi connectivity index (χ4n) is 3.45. The Balaban J connectivity index is 1.80. The van der Waals surface area contributed by atoms with E-state index in [2.05, 4.69) is 10.4 Å². The van der Waals surface area contributed by atoms with E-state index in [1.54, 1.807) is 26.0 Å². The minimum absolute atomic E-state index is 0.0862. The third-order valence-electron chi connectivity index (χ3n) is 4.74. The van der Waals surface area contributed by atoms with E-state index in [1.807, 2.05) is 32.0 Å². The van der Waals surface area contributed by atoms with Crippen molar-refractivity contribution in [2.24, 2.45) is 0 Å². The molecule has 0 radical (unpaired) electrons. The maximum atomic E-state index is 13.1. The molecule has 3 rings (SSSR count). The first kappa shape index (κ1) is 21.8. The molecule has 2 heterocycles. The molecule has 8 nitrogen and oxygen atoms in total. The van der Waals surface area contributed by atoms with E-state index in [-0.39, 0.29) is 23.9 Å². The number of aromatic nitrogens is 2. The summed E-state index contributed by atoms with van der Waals surface area (Å²) >= 11 is 0. The van der Waals surface area contributed by atoms with Crippen molar-refractivity contribution in [3.05, 3.63) is 64.9 Å². The van der Waals surface area contributed by atoms with Crippen molar-refractivity contribution >= 4 is 21.6 Å². The van der Waals surface area contributed by atoms with Crippen molar-refractivity contribution in [3.8, 4) is 0 Å². The topological polar surface area (TPSA) is 97.4 Å². The van der Waals surface area contributed by atoms with E-state index in [0.29, 0.717) is 22.8 Å². The van der Waals surface area contributed by atoms with Crippen molar-refractivity contribution < 1.29 is 17.6 Å². The summed E-state index contributed by atoms with van der Waals surface area (Å²) in [6.45, 7) is 7.21. The van der Waals surface area contributed by atoms with Gasteiger partial charge in [-0.25, -0.2) is 8.42 Å². The molecule has 1 aromatic carbocycles. The number of sulfonamides is 1. The van der Waals surface area contributed by atoms with E-state index in [1.165, 1.54) is 22.3 Å². The Kier molecular flexibility index (Phi) is 6.14. The highest BCUT2D eigenvalue weighted by Gasteiger charge is 2.29. The van der Waals surface area contributed by atoms with Gasteiger partial charge in [0.2, 0.25) is 15.9 Å². The standard InChI is InChI=1S/C21H26N4O4S/c1-14-9-15(2)11-18(10-14)22-20(26)13-25-17(4)21(16(3)23-25)30(27,28)24(5)12-19-7-6-8-29-19/h6-11H,12-13H2,1-5H3,(H,22,26). The summed E-state index contributed by atoms with van der Waals surface area (Å²) in [6.07, 6.45) is 1.50. The average Bonchev–Trinajstić information content (AvgIpc) is 3.22. The predicted octanol–water partition coefficient (Wildman–Crippen LogP) is 3.17. The van der Waals surface area contributed by atoms with Gasteiger partial charge < -0.3 is 9.73 Å². The second-order valence-corrected chi connectivity index (χ2v) is 9.40. The smallest absolute Gasteiger partial charge is 0.246 e. The number of amides is 1. The molecule has 1 N–H and O–H groups in total. The zero-order chi connectivity index (χ0) is 22.1. The van der Waals surface area contributed by atoms with Crippen LogP contribution in [0, 0.1) is 27.7 Å². The van der Waals surface area contributed by atoms with Crippen LogP contribution in [0.25, 0.3) is 0 Å². The molecular formula is C21H26N4O4S. The van der Waals surface area contributed by atoms with Gasteiger partial charge in [-0.1, -0.05) is 6.07 Å². The average molecular weight is 431 g/mol. The molecule has 0 saturated carbocycles. The Bertz CT molecular complexity index is 1140. The van der Waals surface area contributed by atoms with E-state index < -0.39 is 10.0 Å². The Morgan fingerprint density at radius 3 is 2.43 bits per heavy atom. The first-order valence-electron chi connectivity index (χ1n) is 9.49. The van der Waals surface area contributed by atoms with Gasteiger partial charge in [-0.15, -0.1) is 0 Å². The minimum atomic E-state index is -3.80. The lowest BCUT2D eigenvalue weighted by Gasteiger charge is -2.16. The molecule has 9 heteroatoms. The Labute approximate surface area is 176 Å². The van der Waals surface area contributed by atoms with Crippen molar-refractivity contribution in [2.45, 2.75) is 45.7 Å². The second-order valence-electron chi connectivity index (χ2n) is 7.42. The van der Waals surface area contributed by atoms with Gasteiger partial charge in [-0.05, 0) is 63.1 Å². The fourth-order valence-corrected chi connectivity index (χ4v) is 4.96. The molecule has 3 aromatic rings. The van der Waals surface area contributed by atoms with Crippen molar-refractivity contribution in [1.29, 1.82) is 0 Å². The van der Waals surface area contributed by atoms with Crippen LogP contribution in [0.2, 0.25) is 0 Å². The number of carbonyl (C=O) groups excluding carboxylic acids is 1. The number of furan rings is 1. The molecule has 0 fully saturated rings. The van der Waals surface area contributed by atoms with Gasteiger partial charge in [-0.2, -0.15) is 9.40 Å². The van der Waals surface area contributed by atoms with Crippen LogP contribution < -0.4 is 5.32 Å². The molecule has 0 bridgehead atoms. The first-order valence-corrected chi connectivity index (χ1v) is 10.9. The van der Waals surface area contributed by atoms with Crippen molar-refractivity contribution in [1.82, 2.24) is 14.1 Å². The van der Waals surface area contributed by atoms with E-state index in [9.17, 15) is 13.2 Å². The molecular weight excluding hydrogens is 404 g/mol. The SMILES string of the molecule is Cc1cc(C)cc(NC(=O)Cn2nc(C)c(S(=O)(=O)N(C)Cc3ccco3)c2C)c1. The summed E-state index contributed by atoms with van der Waals surface area (Å²) in [4.78, 5) is 12.6. The Hall–Kier alpha value is -2.91. The van der Waals surface area contributed by atoms with Crippen LogP contribution in [-0.4, -0.2) is 35.5 Å². The third kappa shape index (κ3) is 4.63. The lowest BCUT2D eigenvalue weighted by atomic mass is 10.1. The number of hydrogen-bond acceptors (Lipinski definition) is 5. The van der Waals surface area contributed by atoms with Crippen molar-refractivity contribution in [3.63, 3.8) is 0 Å². The van der Waals surface area contributed by atoms with Gasteiger partial charge in [0.1, 0.15) is 17.2 Å². The number of benzene rings is 1. The molecule has 0 aliphatic carbocycles. The van der Waals surface area contributed by atoms with Crippen LogP contribution in [-0.2, 0) is 27.9 Å². The third-order valence-corrected chi connectivity index (χ3v) is 6.80. The summed E-state index contributed by atoms with van der Waals surface area (Å²) in [7, 11) is -2.32. The summed E-state index contributed by atoms with van der Waals surface area (Å²) in [5, 5.41) is 7.15. The molecule has 0 aliphatic heterocycles. The van der Waals surface area contributed by atoms with Crippen LogP contribution in [0.4, 0.5) is 5.69 Å². The zero-order valence-electron chi connectivity index (χ0n) is 17.8. The minimum Gasteiger partial charge on any atom is -0.468 e. The number of hydrogen-bond donors (Lipinski definition) is 1. The predicted molar refractivity (Wildman–Crippen MR) is 114 cm³/mol. The summed E-state index contributed by atoms with van der Waals surface area (Å²) in [6, 6.07) is 9.20. The summed E-state index contributed by atoms with van der Waals surface area (Å²) < 4.78 is 34.1. The molecule has 2 aromatic heterocycles. The van der Waals surface area contributed by atoms with Crippen LogP contribution in [0.1, 0.15) is 28.3 Å². The van der Waals surface area contributed by atoms with Gasteiger partial charge in [0, 0.05) is 12.7 Å². The largest absolute Gasteiger partial charge is 0.468 e. The quantitative estimate of drug-likeness (QED) is 0.621. The summed E-state index contributed by atoms with van der Waals surface area (Å²) in [5.74, 6) is 0.259. The normalized spacial score (nSPS) is 11.8. The highest BCUT2D eigenvalue weighted by Crippen LogP contribution is 2.24. The number of carbonyl (C=O) groups is 1. The molecule has 1 amide bonds. The summed E-state index contributed by atoms with van der Waals surface area (Å²) in [5.41, 5.74) is 3.55. The monoisotopic (exact) mass is 430 g/mol. The van der Waals surface area contributed by atoms with Crippen LogP contribution in [0.3, 0.4) is 0 Å². The Morgan fingerprint density at radius 1 is 1.17 bits per heavy atom. The molecule has 160 valence electrons.